The Labute approximate surface area is 117 Å². The maximum absolute atomic E-state index is 11.8. The fraction of sp³-hybridized carbons (Fsp3) is 0.588. The summed E-state index contributed by atoms with van der Waals surface area (Å²) in [5, 5.41) is 0. The first kappa shape index (κ1) is 15.9. The lowest BCUT2D eigenvalue weighted by atomic mass is 9.91. The average Bonchev–Trinajstić information content (AvgIpc) is 2.32. The molecule has 2 nitrogen and oxygen atoms in total. The van der Waals surface area contributed by atoms with E-state index >= 15 is 0 Å². The zero-order chi connectivity index (χ0) is 14.7. The molecular formula is C17H27NO. The number of carbonyl (C=O) groups excluding carboxylic acids is 1. The summed E-state index contributed by atoms with van der Waals surface area (Å²) < 4.78 is 0. The van der Waals surface area contributed by atoms with Crippen LogP contribution in [0.25, 0.3) is 0 Å². The van der Waals surface area contributed by atoms with Gasteiger partial charge in [-0.15, -0.1) is 0 Å². The summed E-state index contributed by atoms with van der Waals surface area (Å²) in [4.78, 5) is 14.2. The Morgan fingerprint density at radius 1 is 1.26 bits per heavy atom. The Bertz CT molecular complexity index is 477. The molecule has 0 aromatic heterocycles. The van der Waals surface area contributed by atoms with Crippen molar-refractivity contribution in [2.24, 2.45) is 0 Å². The molecule has 19 heavy (non-hydrogen) atoms. The molecule has 106 valence electrons. The van der Waals surface area contributed by atoms with Crippen LogP contribution in [0.3, 0.4) is 0 Å². The van der Waals surface area contributed by atoms with Gasteiger partial charge in [-0.2, -0.15) is 0 Å². The fourth-order valence-electron chi connectivity index (χ4n) is 2.73. The van der Waals surface area contributed by atoms with E-state index in [0.717, 1.165) is 29.7 Å². The number of carbonyl (C=O) groups is 1. The number of Topliss-reactive ketones (excluding diaryl/α,β-unsaturated/α-hetero) is 1. The summed E-state index contributed by atoms with van der Waals surface area (Å²) >= 11 is 0. The Kier molecular flexibility index (Phi) is 5.30. The van der Waals surface area contributed by atoms with E-state index in [2.05, 4.69) is 45.7 Å². The number of ketones is 1. The SMILES string of the molecule is CCC(C)N(C)Cc1c(C)cc(C)c(C(C)=O)c1C. The Balaban J connectivity index is 3.21. The number of hydrogen-bond acceptors (Lipinski definition) is 2. The monoisotopic (exact) mass is 261 g/mol. The van der Waals surface area contributed by atoms with Crippen LogP contribution in [0.15, 0.2) is 6.07 Å². The first-order chi connectivity index (χ1) is 8.79. The van der Waals surface area contributed by atoms with E-state index < -0.39 is 0 Å². The predicted molar refractivity (Wildman–Crippen MR) is 81.9 cm³/mol. The van der Waals surface area contributed by atoms with Crippen LogP contribution in [0.2, 0.25) is 0 Å². The van der Waals surface area contributed by atoms with Gasteiger partial charge >= 0.3 is 0 Å². The molecular weight excluding hydrogens is 234 g/mol. The minimum absolute atomic E-state index is 0.169. The Morgan fingerprint density at radius 3 is 2.32 bits per heavy atom. The van der Waals surface area contributed by atoms with Crippen molar-refractivity contribution in [2.75, 3.05) is 7.05 Å². The van der Waals surface area contributed by atoms with Gasteiger partial charge in [0.15, 0.2) is 5.78 Å². The van der Waals surface area contributed by atoms with Crippen LogP contribution in [0, 0.1) is 20.8 Å². The summed E-state index contributed by atoms with van der Waals surface area (Å²) in [5.41, 5.74) is 5.74. The maximum Gasteiger partial charge on any atom is 0.160 e. The van der Waals surface area contributed by atoms with Crippen LogP contribution < -0.4 is 0 Å². The minimum Gasteiger partial charge on any atom is -0.299 e. The van der Waals surface area contributed by atoms with Crippen molar-refractivity contribution in [3.63, 3.8) is 0 Å². The molecule has 0 N–H and O–H groups in total. The molecule has 0 heterocycles. The van der Waals surface area contributed by atoms with E-state index in [4.69, 9.17) is 0 Å². The lowest BCUT2D eigenvalue weighted by Crippen LogP contribution is -2.28. The quantitative estimate of drug-likeness (QED) is 0.745. The van der Waals surface area contributed by atoms with Gasteiger partial charge < -0.3 is 0 Å². The predicted octanol–water partition coefficient (Wildman–Crippen LogP) is 4.04. The van der Waals surface area contributed by atoms with Gasteiger partial charge in [-0.05, 0) is 70.3 Å². The third-order valence-electron chi connectivity index (χ3n) is 4.23. The highest BCUT2D eigenvalue weighted by Crippen LogP contribution is 2.24. The van der Waals surface area contributed by atoms with Crippen LogP contribution in [0.5, 0.6) is 0 Å². The molecule has 0 aliphatic rings. The lowest BCUT2D eigenvalue weighted by molar-refractivity contribution is 0.101. The van der Waals surface area contributed by atoms with Gasteiger partial charge in [-0.3, -0.25) is 9.69 Å². The lowest BCUT2D eigenvalue weighted by Gasteiger charge is -2.26. The number of hydrogen-bond donors (Lipinski definition) is 0. The van der Waals surface area contributed by atoms with Crippen LogP contribution in [-0.4, -0.2) is 23.8 Å². The number of rotatable bonds is 5. The van der Waals surface area contributed by atoms with Crippen molar-refractivity contribution >= 4 is 5.78 Å². The largest absolute Gasteiger partial charge is 0.299 e. The van der Waals surface area contributed by atoms with E-state index in [1.807, 2.05) is 6.92 Å². The van der Waals surface area contributed by atoms with E-state index in [0.29, 0.717) is 6.04 Å². The first-order valence-corrected chi connectivity index (χ1v) is 7.10. The van der Waals surface area contributed by atoms with Crippen LogP contribution in [-0.2, 0) is 6.54 Å². The van der Waals surface area contributed by atoms with Crippen molar-refractivity contribution in [3.05, 3.63) is 33.9 Å². The van der Waals surface area contributed by atoms with Gasteiger partial charge in [0.25, 0.3) is 0 Å². The van der Waals surface area contributed by atoms with Crippen molar-refractivity contribution < 1.29 is 4.79 Å². The highest BCUT2D eigenvalue weighted by molar-refractivity contribution is 5.97. The van der Waals surface area contributed by atoms with E-state index in [1.54, 1.807) is 6.92 Å². The third-order valence-corrected chi connectivity index (χ3v) is 4.23. The smallest absolute Gasteiger partial charge is 0.160 e. The van der Waals surface area contributed by atoms with Gasteiger partial charge in [0.1, 0.15) is 0 Å². The average molecular weight is 261 g/mol. The molecule has 1 rings (SSSR count). The normalized spacial score (nSPS) is 12.8. The van der Waals surface area contributed by atoms with E-state index in [-0.39, 0.29) is 5.78 Å². The molecule has 0 saturated carbocycles. The summed E-state index contributed by atoms with van der Waals surface area (Å²) in [7, 11) is 2.15. The van der Waals surface area contributed by atoms with Gasteiger partial charge in [0.2, 0.25) is 0 Å². The van der Waals surface area contributed by atoms with Gasteiger partial charge in [0.05, 0.1) is 0 Å². The number of benzene rings is 1. The molecule has 0 radical (unpaired) electrons. The summed E-state index contributed by atoms with van der Waals surface area (Å²) in [5.74, 6) is 0.169. The van der Waals surface area contributed by atoms with Crippen molar-refractivity contribution in [1.29, 1.82) is 0 Å². The second-order valence-corrected chi connectivity index (χ2v) is 5.72. The Hall–Kier alpha value is -1.15. The standard InChI is InChI=1S/C17H27NO/c1-8-13(4)18(7)10-16-11(2)9-12(3)17(14(16)5)15(6)19/h9,13H,8,10H2,1-7H3. The van der Waals surface area contributed by atoms with Crippen molar-refractivity contribution in [1.82, 2.24) is 4.90 Å². The van der Waals surface area contributed by atoms with Crippen LogP contribution in [0.4, 0.5) is 0 Å². The highest BCUT2D eigenvalue weighted by Gasteiger charge is 2.16. The molecule has 2 heteroatoms. The van der Waals surface area contributed by atoms with Crippen molar-refractivity contribution in [3.8, 4) is 0 Å². The second kappa shape index (κ2) is 6.33. The minimum atomic E-state index is 0.169. The molecule has 1 unspecified atom stereocenters. The zero-order valence-electron chi connectivity index (χ0n) is 13.4. The molecule has 0 aliphatic heterocycles. The van der Waals surface area contributed by atoms with Gasteiger partial charge in [-0.1, -0.05) is 13.0 Å². The zero-order valence-corrected chi connectivity index (χ0v) is 13.4. The molecule has 0 aliphatic carbocycles. The van der Waals surface area contributed by atoms with Gasteiger partial charge in [-0.25, -0.2) is 0 Å². The summed E-state index contributed by atoms with van der Waals surface area (Å²) in [6, 6.07) is 2.70. The third kappa shape index (κ3) is 3.44. The van der Waals surface area contributed by atoms with E-state index in [9.17, 15) is 4.79 Å². The molecule has 1 aromatic carbocycles. The fourth-order valence-corrected chi connectivity index (χ4v) is 2.73. The van der Waals surface area contributed by atoms with Crippen molar-refractivity contribution in [2.45, 2.75) is 60.5 Å². The summed E-state index contributed by atoms with van der Waals surface area (Å²) in [6.07, 6.45) is 1.14. The molecule has 0 spiro atoms. The maximum atomic E-state index is 11.8. The second-order valence-electron chi connectivity index (χ2n) is 5.72. The molecule has 0 fully saturated rings. The van der Waals surface area contributed by atoms with Gasteiger partial charge in [0, 0.05) is 18.2 Å². The Morgan fingerprint density at radius 2 is 1.84 bits per heavy atom. The van der Waals surface area contributed by atoms with E-state index in [1.165, 1.54) is 11.1 Å². The highest BCUT2D eigenvalue weighted by atomic mass is 16.1. The topological polar surface area (TPSA) is 20.3 Å². The molecule has 0 amide bonds. The molecule has 1 atom stereocenters. The molecule has 0 bridgehead atoms. The molecule has 0 saturated heterocycles. The number of aryl methyl sites for hydroxylation is 2. The van der Waals surface area contributed by atoms with Crippen LogP contribution >= 0.6 is 0 Å². The van der Waals surface area contributed by atoms with Crippen LogP contribution in [0.1, 0.15) is 59.8 Å². The number of nitrogens with zero attached hydrogens (tertiary/aromatic N) is 1. The first-order valence-electron chi connectivity index (χ1n) is 7.10. The summed E-state index contributed by atoms with van der Waals surface area (Å²) in [6.45, 7) is 13.3. The molecule has 1 aromatic rings.